The molecule has 5 nitrogen and oxygen atoms in total. The molecule has 1 saturated heterocycles. The number of aromatic nitrogens is 2. The van der Waals surface area contributed by atoms with E-state index in [-0.39, 0.29) is 0 Å². The summed E-state index contributed by atoms with van der Waals surface area (Å²) in [4.78, 5) is 4.53. The van der Waals surface area contributed by atoms with Crippen LogP contribution in [0.2, 0.25) is 20.1 Å². The fourth-order valence-corrected chi connectivity index (χ4v) is 5.31. The van der Waals surface area contributed by atoms with Gasteiger partial charge in [-0.3, -0.25) is 9.58 Å². The molecular formula is C24H25Cl4N5S. The van der Waals surface area contributed by atoms with E-state index >= 15 is 0 Å². The minimum absolute atomic E-state index is 0.556. The summed E-state index contributed by atoms with van der Waals surface area (Å²) in [7, 11) is 0. The van der Waals surface area contributed by atoms with Crippen LogP contribution in [0.1, 0.15) is 22.5 Å². The zero-order valence-electron chi connectivity index (χ0n) is 18.9. The molecule has 2 heterocycles. The summed E-state index contributed by atoms with van der Waals surface area (Å²) in [6.45, 7) is 8.67. The Bertz CT molecular complexity index is 1180. The van der Waals surface area contributed by atoms with Crippen LogP contribution >= 0.6 is 58.6 Å². The number of hydrogen-bond acceptors (Lipinski definition) is 3. The third-order valence-corrected chi connectivity index (χ3v) is 7.71. The lowest BCUT2D eigenvalue weighted by molar-refractivity contribution is 0.177. The minimum Gasteiger partial charge on any atom is -0.346 e. The highest BCUT2D eigenvalue weighted by molar-refractivity contribution is 7.80. The molecule has 2 aromatic carbocycles. The Morgan fingerprint density at radius 3 is 2.26 bits per heavy atom. The number of halogens is 4. The first kappa shape index (κ1) is 25.5. The van der Waals surface area contributed by atoms with E-state index in [0.717, 1.165) is 60.9 Å². The molecule has 0 amide bonds. The second-order valence-corrected chi connectivity index (χ2v) is 10.4. The SMILES string of the molecule is Cc1nn(Cc2ccc(Cl)cc2Cl)c(C)c1NC(=S)N1CCN(Cc2c(Cl)cccc2Cl)CC1. The van der Waals surface area contributed by atoms with Crippen molar-refractivity contribution in [2.75, 3.05) is 31.5 Å². The van der Waals surface area contributed by atoms with Crippen molar-refractivity contribution in [3.8, 4) is 0 Å². The third kappa shape index (κ3) is 5.81. The van der Waals surface area contributed by atoms with Crippen LogP contribution in [0.25, 0.3) is 0 Å². The van der Waals surface area contributed by atoms with Gasteiger partial charge in [0.25, 0.3) is 0 Å². The second kappa shape index (κ2) is 11.0. The summed E-state index contributed by atoms with van der Waals surface area (Å²) >= 11 is 30.8. The zero-order valence-corrected chi connectivity index (χ0v) is 22.8. The molecule has 0 aliphatic carbocycles. The van der Waals surface area contributed by atoms with Gasteiger partial charge in [0.15, 0.2) is 5.11 Å². The maximum atomic E-state index is 6.36. The van der Waals surface area contributed by atoms with E-state index in [1.54, 1.807) is 6.07 Å². The summed E-state index contributed by atoms with van der Waals surface area (Å²) in [5.41, 5.74) is 4.75. The van der Waals surface area contributed by atoms with E-state index in [1.807, 2.05) is 48.9 Å². The summed E-state index contributed by atoms with van der Waals surface area (Å²) in [5, 5.41) is 11.5. The molecule has 0 unspecified atom stereocenters. The molecule has 1 N–H and O–H groups in total. The van der Waals surface area contributed by atoms with Crippen LogP contribution in [0.5, 0.6) is 0 Å². The van der Waals surface area contributed by atoms with Crippen LogP contribution in [-0.2, 0) is 13.1 Å². The summed E-state index contributed by atoms with van der Waals surface area (Å²) in [5.74, 6) is 0. The van der Waals surface area contributed by atoms with Crippen LogP contribution in [0, 0.1) is 13.8 Å². The smallest absolute Gasteiger partial charge is 0.173 e. The Balaban J connectivity index is 1.37. The first-order valence-corrected chi connectivity index (χ1v) is 12.8. The summed E-state index contributed by atoms with van der Waals surface area (Å²) < 4.78 is 1.93. The van der Waals surface area contributed by atoms with Gasteiger partial charge in [-0.15, -0.1) is 0 Å². The topological polar surface area (TPSA) is 36.3 Å². The molecule has 0 bridgehead atoms. The van der Waals surface area contributed by atoms with Gasteiger partial charge < -0.3 is 10.2 Å². The largest absolute Gasteiger partial charge is 0.346 e. The Kier molecular flexibility index (Phi) is 8.28. The molecule has 1 aliphatic rings. The Morgan fingerprint density at radius 1 is 0.941 bits per heavy atom. The standard InChI is InChI=1S/C24H25Cl4N5S/c1-15-23(16(2)33(30-15)13-17-6-7-18(25)12-22(17)28)29-24(34)32-10-8-31(9-11-32)14-19-20(26)4-3-5-21(19)27/h3-7,12H,8-11,13-14H2,1-2H3,(H,29,34). The monoisotopic (exact) mass is 555 g/mol. The van der Waals surface area contributed by atoms with Gasteiger partial charge in [0.05, 0.1) is 23.6 Å². The number of aryl methyl sites for hydroxylation is 1. The van der Waals surface area contributed by atoms with Crippen molar-refractivity contribution in [3.05, 3.63) is 79.0 Å². The van der Waals surface area contributed by atoms with Crippen molar-refractivity contribution in [1.82, 2.24) is 19.6 Å². The molecule has 0 radical (unpaired) electrons. The molecule has 4 rings (SSSR count). The fraction of sp³-hybridized carbons (Fsp3) is 0.333. The maximum absolute atomic E-state index is 6.36. The number of nitrogens with one attached hydrogen (secondary N) is 1. The molecule has 3 aromatic rings. The zero-order chi connectivity index (χ0) is 24.4. The maximum Gasteiger partial charge on any atom is 0.173 e. The third-order valence-electron chi connectivity index (χ3n) is 6.05. The lowest BCUT2D eigenvalue weighted by Crippen LogP contribution is -2.49. The molecule has 1 aliphatic heterocycles. The molecular weight excluding hydrogens is 532 g/mol. The molecule has 1 aromatic heterocycles. The van der Waals surface area contributed by atoms with Gasteiger partial charge in [-0.25, -0.2) is 0 Å². The number of rotatable bonds is 5. The Labute approximate surface area is 225 Å². The van der Waals surface area contributed by atoms with Gasteiger partial charge in [-0.2, -0.15) is 5.10 Å². The van der Waals surface area contributed by atoms with E-state index in [2.05, 4.69) is 15.1 Å². The lowest BCUT2D eigenvalue weighted by atomic mass is 10.2. The molecule has 1 fully saturated rings. The minimum atomic E-state index is 0.556. The van der Waals surface area contributed by atoms with Crippen molar-refractivity contribution in [2.45, 2.75) is 26.9 Å². The first-order chi connectivity index (χ1) is 16.2. The predicted octanol–water partition coefficient (Wildman–Crippen LogP) is 6.68. The predicted molar refractivity (Wildman–Crippen MR) is 147 cm³/mol. The van der Waals surface area contributed by atoms with Crippen LogP contribution in [0.15, 0.2) is 36.4 Å². The number of hydrogen-bond donors (Lipinski definition) is 1. The van der Waals surface area contributed by atoms with E-state index in [4.69, 9.17) is 63.7 Å². The van der Waals surface area contributed by atoms with Gasteiger partial charge in [0.1, 0.15) is 0 Å². The van der Waals surface area contributed by atoms with Crippen LogP contribution < -0.4 is 5.32 Å². The lowest BCUT2D eigenvalue weighted by Gasteiger charge is -2.36. The van der Waals surface area contributed by atoms with E-state index in [1.165, 1.54) is 0 Å². The average molecular weight is 557 g/mol. The fourth-order valence-electron chi connectivity index (χ4n) is 4.05. The molecule has 0 spiro atoms. The van der Waals surface area contributed by atoms with Gasteiger partial charge in [-0.1, -0.05) is 58.5 Å². The van der Waals surface area contributed by atoms with Crippen LogP contribution in [-0.4, -0.2) is 50.9 Å². The van der Waals surface area contributed by atoms with E-state index in [0.29, 0.717) is 31.7 Å². The summed E-state index contributed by atoms with van der Waals surface area (Å²) in [6.07, 6.45) is 0. The van der Waals surface area contributed by atoms with Crippen molar-refractivity contribution in [1.29, 1.82) is 0 Å². The highest BCUT2D eigenvalue weighted by Gasteiger charge is 2.22. The Hall–Kier alpha value is -1.54. The van der Waals surface area contributed by atoms with Crippen LogP contribution in [0.4, 0.5) is 5.69 Å². The highest BCUT2D eigenvalue weighted by Crippen LogP contribution is 2.27. The number of thiocarbonyl (C=S) groups is 1. The first-order valence-electron chi connectivity index (χ1n) is 10.9. The summed E-state index contributed by atoms with van der Waals surface area (Å²) in [6, 6.07) is 11.1. The average Bonchev–Trinajstić information content (AvgIpc) is 3.06. The second-order valence-electron chi connectivity index (χ2n) is 8.33. The van der Waals surface area contributed by atoms with Crippen molar-refractivity contribution < 1.29 is 0 Å². The Morgan fingerprint density at radius 2 is 1.62 bits per heavy atom. The number of nitrogens with zero attached hydrogens (tertiary/aromatic N) is 4. The van der Waals surface area contributed by atoms with Gasteiger partial charge in [0, 0.05) is 58.4 Å². The van der Waals surface area contributed by atoms with Crippen molar-refractivity contribution >= 4 is 69.4 Å². The van der Waals surface area contributed by atoms with E-state index < -0.39 is 0 Å². The van der Waals surface area contributed by atoms with Crippen LogP contribution in [0.3, 0.4) is 0 Å². The van der Waals surface area contributed by atoms with Gasteiger partial charge in [-0.05, 0) is 55.9 Å². The number of benzene rings is 2. The van der Waals surface area contributed by atoms with E-state index in [9.17, 15) is 0 Å². The van der Waals surface area contributed by atoms with Crippen molar-refractivity contribution in [3.63, 3.8) is 0 Å². The van der Waals surface area contributed by atoms with Crippen molar-refractivity contribution in [2.24, 2.45) is 0 Å². The van der Waals surface area contributed by atoms with Gasteiger partial charge >= 0.3 is 0 Å². The molecule has 34 heavy (non-hydrogen) atoms. The normalized spacial score (nSPS) is 14.5. The molecule has 10 heteroatoms. The number of anilines is 1. The molecule has 0 saturated carbocycles. The van der Waals surface area contributed by atoms with Gasteiger partial charge in [0.2, 0.25) is 0 Å². The number of piperazine rings is 1. The molecule has 0 atom stereocenters. The molecule has 180 valence electrons. The quantitative estimate of drug-likeness (QED) is 0.355. The highest BCUT2D eigenvalue weighted by atomic mass is 35.5.